The van der Waals surface area contributed by atoms with Crippen LogP contribution >= 0.6 is 0 Å². The van der Waals surface area contributed by atoms with Crippen LogP contribution < -0.4 is 5.32 Å². The molecular weight excluding hydrogens is 284 g/mol. The van der Waals surface area contributed by atoms with Crippen molar-refractivity contribution in [3.8, 4) is 0 Å². The third-order valence-electron chi connectivity index (χ3n) is 5.01. The summed E-state index contributed by atoms with van der Waals surface area (Å²) in [5.74, 6) is 1.03. The number of nitrogens with zero attached hydrogens (tertiary/aromatic N) is 1. The molecule has 2 rings (SSSR count). The number of carbonyl (C=O) groups excluding carboxylic acids is 1. The molecule has 1 aliphatic rings. The van der Waals surface area contributed by atoms with Crippen molar-refractivity contribution in [2.24, 2.45) is 5.92 Å². The van der Waals surface area contributed by atoms with Gasteiger partial charge in [0.2, 0.25) is 5.91 Å². The van der Waals surface area contributed by atoms with E-state index in [0.29, 0.717) is 12.0 Å². The molecule has 0 saturated carbocycles. The monoisotopic (exact) mass is 316 g/mol. The lowest BCUT2D eigenvalue weighted by molar-refractivity contribution is -0.127. The third-order valence-corrected chi connectivity index (χ3v) is 5.01. The molecule has 0 spiro atoms. The van der Waals surface area contributed by atoms with Gasteiger partial charge in [0, 0.05) is 18.5 Å². The normalized spacial score (nSPS) is 18.1. The summed E-state index contributed by atoms with van der Waals surface area (Å²) in [5.41, 5.74) is 2.77. The van der Waals surface area contributed by atoms with Gasteiger partial charge in [-0.05, 0) is 56.3 Å². The number of hydrogen-bond donors (Lipinski definition) is 1. The Kier molecular flexibility index (Phi) is 6.64. The lowest BCUT2D eigenvalue weighted by atomic mass is 9.95. The topological polar surface area (TPSA) is 32.3 Å². The molecule has 3 nitrogen and oxygen atoms in total. The highest BCUT2D eigenvalue weighted by Crippen LogP contribution is 2.21. The summed E-state index contributed by atoms with van der Waals surface area (Å²) < 4.78 is 0. The van der Waals surface area contributed by atoms with Gasteiger partial charge in [-0.2, -0.15) is 0 Å². The van der Waals surface area contributed by atoms with Gasteiger partial charge in [-0.3, -0.25) is 9.69 Å². The average molecular weight is 316 g/mol. The maximum atomic E-state index is 12.2. The van der Waals surface area contributed by atoms with E-state index in [0.717, 1.165) is 38.9 Å². The van der Waals surface area contributed by atoms with Crippen LogP contribution in [0.25, 0.3) is 0 Å². The van der Waals surface area contributed by atoms with Crippen LogP contribution in [0.5, 0.6) is 0 Å². The standard InChI is InChI=1S/C20H32N2O/c1-5-16(4)21-20(23)19-10-12-22(13-11-19)14-17-6-8-18(9-7-17)15(2)3/h6-9,15-16,19H,5,10-14H2,1-4H3,(H,21,23). The van der Waals surface area contributed by atoms with Crippen LogP contribution in [0, 0.1) is 5.92 Å². The number of rotatable bonds is 6. The van der Waals surface area contributed by atoms with Crippen LogP contribution in [0.4, 0.5) is 0 Å². The SMILES string of the molecule is CCC(C)NC(=O)C1CCN(Cc2ccc(C(C)C)cc2)CC1. The van der Waals surface area contributed by atoms with Crippen molar-refractivity contribution in [3.63, 3.8) is 0 Å². The molecule has 128 valence electrons. The predicted molar refractivity (Wildman–Crippen MR) is 96.4 cm³/mol. The molecule has 1 amide bonds. The maximum absolute atomic E-state index is 12.2. The Bertz CT molecular complexity index is 487. The summed E-state index contributed by atoms with van der Waals surface area (Å²) in [7, 11) is 0. The van der Waals surface area contributed by atoms with Gasteiger partial charge in [0.1, 0.15) is 0 Å². The lowest BCUT2D eigenvalue weighted by Gasteiger charge is -2.31. The highest BCUT2D eigenvalue weighted by molar-refractivity contribution is 5.79. The van der Waals surface area contributed by atoms with Gasteiger partial charge in [0.25, 0.3) is 0 Å². The molecule has 1 unspecified atom stereocenters. The molecule has 1 aromatic carbocycles. The molecule has 1 atom stereocenters. The molecule has 0 aliphatic carbocycles. The van der Waals surface area contributed by atoms with E-state index in [1.54, 1.807) is 0 Å². The zero-order valence-corrected chi connectivity index (χ0v) is 15.1. The molecule has 0 radical (unpaired) electrons. The van der Waals surface area contributed by atoms with E-state index in [1.807, 2.05) is 0 Å². The smallest absolute Gasteiger partial charge is 0.223 e. The number of nitrogens with one attached hydrogen (secondary N) is 1. The van der Waals surface area contributed by atoms with Crippen molar-refractivity contribution in [1.29, 1.82) is 0 Å². The molecule has 1 aromatic rings. The van der Waals surface area contributed by atoms with Crippen LogP contribution in [0.1, 0.15) is 64.0 Å². The number of carbonyl (C=O) groups is 1. The fourth-order valence-corrected chi connectivity index (χ4v) is 3.08. The van der Waals surface area contributed by atoms with E-state index in [4.69, 9.17) is 0 Å². The molecule has 23 heavy (non-hydrogen) atoms. The quantitative estimate of drug-likeness (QED) is 0.862. The first-order valence-electron chi connectivity index (χ1n) is 9.11. The molecular formula is C20H32N2O. The molecule has 1 N–H and O–H groups in total. The predicted octanol–water partition coefficient (Wildman–Crippen LogP) is 3.94. The van der Waals surface area contributed by atoms with Crippen molar-refractivity contribution in [3.05, 3.63) is 35.4 Å². The average Bonchev–Trinajstić information content (AvgIpc) is 2.55. The largest absolute Gasteiger partial charge is 0.353 e. The minimum absolute atomic E-state index is 0.198. The van der Waals surface area contributed by atoms with E-state index in [9.17, 15) is 4.79 Å². The summed E-state index contributed by atoms with van der Waals surface area (Å²) in [6.07, 6.45) is 2.95. The summed E-state index contributed by atoms with van der Waals surface area (Å²) in [4.78, 5) is 14.7. The first-order valence-corrected chi connectivity index (χ1v) is 9.11. The fourth-order valence-electron chi connectivity index (χ4n) is 3.08. The van der Waals surface area contributed by atoms with Gasteiger partial charge in [-0.1, -0.05) is 45.0 Å². The molecule has 0 bridgehead atoms. The van der Waals surface area contributed by atoms with E-state index < -0.39 is 0 Å². The molecule has 1 heterocycles. The first-order chi connectivity index (χ1) is 11.0. The van der Waals surface area contributed by atoms with Crippen LogP contribution in [-0.2, 0) is 11.3 Å². The summed E-state index contributed by atoms with van der Waals surface area (Å²) in [5, 5.41) is 3.12. The Morgan fingerprint density at radius 2 is 1.78 bits per heavy atom. The number of piperidine rings is 1. The van der Waals surface area contributed by atoms with Crippen molar-refractivity contribution in [2.45, 2.75) is 65.5 Å². The zero-order chi connectivity index (χ0) is 16.8. The second kappa shape index (κ2) is 8.49. The van der Waals surface area contributed by atoms with Gasteiger partial charge in [-0.25, -0.2) is 0 Å². The number of hydrogen-bond acceptors (Lipinski definition) is 2. The molecule has 3 heteroatoms. The third kappa shape index (κ3) is 5.35. The number of likely N-dealkylation sites (tertiary alicyclic amines) is 1. The Labute approximate surface area is 141 Å². The van der Waals surface area contributed by atoms with E-state index >= 15 is 0 Å². The van der Waals surface area contributed by atoms with Gasteiger partial charge in [0.05, 0.1) is 0 Å². The minimum atomic E-state index is 0.198. The fraction of sp³-hybridized carbons (Fsp3) is 0.650. The van der Waals surface area contributed by atoms with Gasteiger partial charge >= 0.3 is 0 Å². The van der Waals surface area contributed by atoms with Crippen LogP contribution in [0.2, 0.25) is 0 Å². The van der Waals surface area contributed by atoms with Crippen molar-refractivity contribution in [1.82, 2.24) is 10.2 Å². The first kappa shape index (κ1) is 18.0. The van der Waals surface area contributed by atoms with Crippen molar-refractivity contribution < 1.29 is 4.79 Å². The highest BCUT2D eigenvalue weighted by atomic mass is 16.1. The van der Waals surface area contributed by atoms with Gasteiger partial charge in [-0.15, -0.1) is 0 Å². The van der Waals surface area contributed by atoms with Crippen molar-refractivity contribution in [2.75, 3.05) is 13.1 Å². The van der Waals surface area contributed by atoms with E-state index in [-0.39, 0.29) is 11.8 Å². The summed E-state index contributed by atoms with van der Waals surface area (Å²) in [6, 6.07) is 9.27. The Hall–Kier alpha value is -1.35. The Morgan fingerprint density at radius 1 is 1.17 bits per heavy atom. The van der Waals surface area contributed by atoms with Crippen molar-refractivity contribution >= 4 is 5.91 Å². The number of amides is 1. The Morgan fingerprint density at radius 3 is 2.30 bits per heavy atom. The maximum Gasteiger partial charge on any atom is 0.223 e. The van der Waals surface area contributed by atoms with E-state index in [2.05, 4.69) is 62.2 Å². The molecule has 1 aliphatic heterocycles. The van der Waals surface area contributed by atoms with Crippen LogP contribution in [-0.4, -0.2) is 29.9 Å². The lowest BCUT2D eigenvalue weighted by Crippen LogP contribution is -2.42. The minimum Gasteiger partial charge on any atom is -0.353 e. The van der Waals surface area contributed by atoms with Gasteiger partial charge in [0.15, 0.2) is 0 Å². The number of benzene rings is 1. The highest BCUT2D eigenvalue weighted by Gasteiger charge is 2.25. The van der Waals surface area contributed by atoms with Gasteiger partial charge < -0.3 is 5.32 Å². The van der Waals surface area contributed by atoms with Crippen LogP contribution in [0.3, 0.4) is 0 Å². The van der Waals surface area contributed by atoms with Crippen LogP contribution in [0.15, 0.2) is 24.3 Å². The van der Waals surface area contributed by atoms with E-state index in [1.165, 1.54) is 11.1 Å². The molecule has 0 aromatic heterocycles. The molecule has 1 saturated heterocycles. The molecule has 1 fully saturated rings. The second-order valence-electron chi connectivity index (χ2n) is 7.26. The zero-order valence-electron chi connectivity index (χ0n) is 15.1. The summed E-state index contributed by atoms with van der Waals surface area (Å²) in [6.45, 7) is 11.7. The second-order valence-corrected chi connectivity index (χ2v) is 7.26. The Balaban J connectivity index is 1.79. The summed E-state index contributed by atoms with van der Waals surface area (Å²) >= 11 is 0.